The summed E-state index contributed by atoms with van der Waals surface area (Å²) in [6, 6.07) is 5.14. The molecule has 1 heterocycles. The molecule has 0 radical (unpaired) electrons. The fraction of sp³-hybridized carbons (Fsp3) is 0.429. The molecular formula is C14H18N2O3. The van der Waals surface area contributed by atoms with Crippen molar-refractivity contribution in [3.05, 3.63) is 29.6 Å². The Bertz CT molecular complexity index is 629. The minimum absolute atomic E-state index is 0.269. The number of methoxy groups -OCH3 is 1. The lowest BCUT2D eigenvalue weighted by molar-refractivity contribution is 0.00852. The van der Waals surface area contributed by atoms with Crippen LogP contribution in [-0.4, -0.2) is 33.3 Å². The van der Waals surface area contributed by atoms with Gasteiger partial charge in [-0.1, -0.05) is 6.07 Å². The number of aromatic carboxylic acids is 1. The zero-order valence-electron chi connectivity index (χ0n) is 11.6. The zero-order chi connectivity index (χ0) is 14.2. The van der Waals surface area contributed by atoms with Crippen molar-refractivity contribution >= 4 is 17.0 Å². The molecule has 1 aromatic carbocycles. The van der Waals surface area contributed by atoms with Gasteiger partial charge in [-0.3, -0.25) is 0 Å². The molecule has 0 aliphatic rings. The summed E-state index contributed by atoms with van der Waals surface area (Å²) in [6.45, 7) is 6.34. The van der Waals surface area contributed by atoms with Crippen LogP contribution in [0.2, 0.25) is 0 Å². The van der Waals surface area contributed by atoms with Crippen LogP contribution in [0.25, 0.3) is 11.0 Å². The van der Waals surface area contributed by atoms with Crippen LogP contribution in [0.1, 0.15) is 30.0 Å². The van der Waals surface area contributed by atoms with Crippen LogP contribution in [-0.2, 0) is 11.3 Å². The van der Waals surface area contributed by atoms with Crippen molar-refractivity contribution in [3.8, 4) is 0 Å². The standard InChI is InChI=1S/C14H18N2O3/c1-9-15-11-7-5-6-10(13(17)18)12(11)16(9)8-14(2,3)19-4/h5-7H,8H2,1-4H3,(H,17,18). The quantitative estimate of drug-likeness (QED) is 0.919. The van der Waals surface area contributed by atoms with Crippen LogP contribution in [0.15, 0.2) is 18.2 Å². The summed E-state index contributed by atoms with van der Waals surface area (Å²) in [5.74, 6) is -0.157. The van der Waals surface area contributed by atoms with Gasteiger partial charge in [0.25, 0.3) is 0 Å². The van der Waals surface area contributed by atoms with E-state index in [-0.39, 0.29) is 11.2 Å². The number of nitrogens with zero attached hydrogens (tertiary/aromatic N) is 2. The number of aryl methyl sites for hydroxylation is 1. The van der Waals surface area contributed by atoms with Crippen molar-refractivity contribution < 1.29 is 14.6 Å². The van der Waals surface area contributed by atoms with E-state index in [4.69, 9.17) is 4.74 Å². The first kappa shape index (κ1) is 13.5. The molecule has 0 aliphatic carbocycles. The topological polar surface area (TPSA) is 64.4 Å². The predicted octanol–water partition coefficient (Wildman–Crippen LogP) is 2.47. The number of hydrogen-bond acceptors (Lipinski definition) is 3. The number of ether oxygens (including phenoxy) is 1. The highest BCUT2D eigenvalue weighted by atomic mass is 16.5. The average molecular weight is 262 g/mol. The smallest absolute Gasteiger partial charge is 0.337 e. The fourth-order valence-electron chi connectivity index (χ4n) is 2.11. The number of fused-ring (bicyclic) bond motifs is 1. The van der Waals surface area contributed by atoms with Gasteiger partial charge in [-0.15, -0.1) is 0 Å². The summed E-state index contributed by atoms with van der Waals surface area (Å²) in [5, 5.41) is 9.30. The third-order valence-electron chi connectivity index (χ3n) is 3.28. The molecule has 2 rings (SSSR count). The highest BCUT2D eigenvalue weighted by Crippen LogP contribution is 2.23. The summed E-state index contributed by atoms with van der Waals surface area (Å²) in [7, 11) is 1.65. The van der Waals surface area contributed by atoms with Gasteiger partial charge < -0.3 is 14.4 Å². The Morgan fingerprint density at radius 3 is 2.74 bits per heavy atom. The van der Waals surface area contributed by atoms with Crippen LogP contribution in [0.4, 0.5) is 0 Å². The van der Waals surface area contributed by atoms with Crippen LogP contribution in [0.5, 0.6) is 0 Å². The number of carbonyl (C=O) groups is 1. The van der Waals surface area contributed by atoms with Gasteiger partial charge in [-0.2, -0.15) is 0 Å². The SMILES string of the molecule is COC(C)(C)Cn1c(C)nc2cccc(C(=O)O)c21. The maximum absolute atomic E-state index is 11.3. The lowest BCUT2D eigenvalue weighted by Crippen LogP contribution is -2.29. The second kappa shape index (κ2) is 4.66. The first-order chi connectivity index (χ1) is 8.85. The molecule has 0 aliphatic heterocycles. The molecule has 0 bridgehead atoms. The molecule has 0 unspecified atom stereocenters. The predicted molar refractivity (Wildman–Crippen MR) is 72.5 cm³/mol. The molecule has 0 saturated heterocycles. The Morgan fingerprint density at radius 1 is 1.47 bits per heavy atom. The van der Waals surface area contributed by atoms with Gasteiger partial charge in [0.05, 0.1) is 28.7 Å². The van der Waals surface area contributed by atoms with Gasteiger partial charge in [0, 0.05) is 7.11 Å². The molecule has 1 aromatic heterocycles. The number of aromatic nitrogens is 2. The Balaban J connectivity index is 2.66. The first-order valence-electron chi connectivity index (χ1n) is 6.10. The summed E-state index contributed by atoms with van der Waals surface area (Å²) >= 11 is 0. The van der Waals surface area contributed by atoms with E-state index in [0.29, 0.717) is 17.6 Å². The monoisotopic (exact) mass is 262 g/mol. The van der Waals surface area contributed by atoms with E-state index in [1.807, 2.05) is 31.4 Å². The Kier molecular flexibility index (Phi) is 3.32. The molecule has 0 fully saturated rings. The number of carboxylic acids is 1. The fourth-order valence-corrected chi connectivity index (χ4v) is 2.11. The van der Waals surface area contributed by atoms with Gasteiger partial charge in [0.15, 0.2) is 0 Å². The van der Waals surface area contributed by atoms with E-state index < -0.39 is 5.97 Å². The number of hydrogen-bond donors (Lipinski definition) is 1. The van der Waals surface area contributed by atoms with Gasteiger partial charge in [-0.25, -0.2) is 9.78 Å². The third-order valence-corrected chi connectivity index (χ3v) is 3.28. The summed E-state index contributed by atoms with van der Waals surface area (Å²) < 4.78 is 7.32. The molecule has 0 amide bonds. The van der Waals surface area contributed by atoms with Crippen molar-refractivity contribution in [1.29, 1.82) is 0 Å². The van der Waals surface area contributed by atoms with E-state index in [1.165, 1.54) is 0 Å². The Hall–Kier alpha value is -1.88. The van der Waals surface area contributed by atoms with E-state index in [9.17, 15) is 9.90 Å². The van der Waals surface area contributed by atoms with Gasteiger partial charge >= 0.3 is 5.97 Å². The van der Waals surface area contributed by atoms with Crippen LogP contribution in [0, 0.1) is 6.92 Å². The van der Waals surface area contributed by atoms with Crippen molar-refractivity contribution in [1.82, 2.24) is 9.55 Å². The molecule has 0 atom stereocenters. The third kappa shape index (κ3) is 2.46. The molecule has 2 aromatic rings. The molecule has 1 N–H and O–H groups in total. The summed E-state index contributed by atoms with van der Waals surface area (Å²) in [6.07, 6.45) is 0. The van der Waals surface area contributed by atoms with Gasteiger partial charge in [0.1, 0.15) is 5.82 Å². The molecule has 5 nitrogen and oxygen atoms in total. The largest absolute Gasteiger partial charge is 0.478 e. The second-order valence-corrected chi connectivity index (χ2v) is 5.19. The van der Waals surface area contributed by atoms with Crippen LogP contribution >= 0.6 is 0 Å². The van der Waals surface area contributed by atoms with Crippen LogP contribution < -0.4 is 0 Å². The minimum atomic E-state index is -0.943. The molecular weight excluding hydrogens is 244 g/mol. The van der Waals surface area contributed by atoms with Crippen molar-refractivity contribution in [2.75, 3.05) is 7.11 Å². The number of imidazole rings is 1. The molecule has 19 heavy (non-hydrogen) atoms. The van der Waals surface area contributed by atoms with E-state index in [0.717, 1.165) is 5.82 Å². The van der Waals surface area contributed by atoms with Gasteiger partial charge in [0.2, 0.25) is 0 Å². The normalized spacial score (nSPS) is 12.0. The minimum Gasteiger partial charge on any atom is -0.478 e. The van der Waals surface area contributed by atoms with E-state index in [2.05, 4.69) is 4.98 Å². The number of para-hydroxylation sites is 1. The average Bonchev–Trinajstić information content (AvgIpc) is 2.65. The van der Waals surface area contributed by atoms with E-state index in [1.54, 1.807) is 19.2 Å². The first-order valence-corrected chi connectivity index (χ1v) is 6.10. The summed E-state index contributed by atoms with van der Waals surface area (Å²) in [4.78, 5) is 15.8. The Morgan fingerprint density at radius 2 is 2.16 bits per heavy atom. The number of rotatable bonds is 4. The summed E-state index contributed by atoms with van der Waals surface area (Å²) in [5.41, 5.74) is 1.23. The number of benzene rings is 1. The molecule has 5 heteroatoms. The van der Waals surface area contributed by atoms with E-state index >= 15 is 0 Å². The van der Waals surface area contributed by atoms with Crippen LogP contribution in [0.3, 0.4) is 0 Å². The Labute approximate surface area is 111 Å². The zero-order valence-corrected chi connectivity index (χ0v) is 11.6. The lowest BCUT2D eigenvalue weighted by Gasteiger charge is -2.24. The van der Waals surface area contributed by atoms with Crippen molar-refractivity contribution in [2.45, 2.75) is 32.9 Å². The molecule has 0 spiro atoms. The maximum Gasteiger partial charge on any atom is 0.337 e. The highest BCUT2D eigenvalue weighted by Gasteiger charge is 2.22. The maximum atomic E-state index is 11.3. The second-order valence-electron chi connectivity index (χ2n) is 5.19. The molecule has 102 valence electrons. The molecule has 0 saturated carbocycles. The highest BCUT2D eigenvalue weighted by molar-refractivity contribution is 6.01. The van der Waals surface area contributed by atoms with Crippen molar-refractivity contribution in [3.63, 3.8) is 0 Å². The lowest BCUT2D eigenvalue weighted by atomic mass is 10.1. The number of carboxylic acid groups (broad SMARTS) is 1. The van der Waals surface area contributed by atoms with Crippen molar-refractivity contribution in [2.24, 2.45) is 0 Å². The van der Waals surface area contributed by atoms with Gasteiger partial charge in [-0.05, 0) is 32.9 Å².